The van der Waals surface area contributed by atoms with E-state index in [0.29, 0.717) is 0 Å². The van der Waals surface area contributed by atoms with Crippen LogP contribution >= 0.6 is 23.8 Å². The van der Waals surface area contributed by atoms with Crippen molar-refractivity contribution in [3.8, 4) is 0 Å². The summed E-state index contributed by atoms with van der Waals surface area (Å²) in [6, 6.07) is 3.49. The molecule has 1 amide bonds. The van der Waals surface area contributed by atoms with Crippen molar-refractivity contribution in [2.75, 3.05) is 7.05 Å². The van der Waals surface area contributed by atoms with E-state index in [2.05, 4.69) is 0 Å². The lowest BCUT2D eigenvalue weighted by molar-refractivity contribution is 0.0778. The molecule has 1 atom stereocenters. The van der Waals surface area contributed by atoms with E-state index in [4.69, 9.17) is 29.6 Å². The van der Waals surface area contributed by atoms with Crippen molar-refractivity contribution < 1.29 is 9.18 Å². The Morgan fingerprint density at radius 2 is 2.18 bits per heavy atom. The van der Waals surface area contributed by atoms with Gasteiger partial charge in [0.15, 0.2) is 0 Å². The van der Waals surface area contributed by atoms with E-state index in [9.17, 15) is 9.18 Å². The smallest absolute Gasteiger partial charge is 0.254 e. The molecule has 17 heavy (non-hydrogen) atoms. The number of hydrogen-bond donors (Lipinski definition) is 1. The van der Waals surface area contributed by atoms with Gasteiger partial charge in [-0.1, -0.05) is 23.8 Å². The minimum atomic E-state index is -0.631. The van der Waals surface area contributed by atoms with Crippen molar-refractivity contribution in [1.82, 2.24) is 4.90 Å². The highest BCUT2D eigenvalue weighted by atomic mass is 35.5. The van der Waals surface area contributed by atoms with Crippen molar-refractivity contribution in [1.29, 1.82) is 0 Å². The third kappa shape index (κ3) is 3.14. The van der Waals surface area contributed by atoms with Crippen LogP contribution in [0.5, 0.6) is 0 Å². The largest absolute Gasteiger partial charge is 0.392 e. The third-order valence-corrected chi connectivity index (χ3v) is 3.13. The molecule has 0 aliphatic rings. The van der Waals surface area contributed by atoms with Crippen LogP contribution in [0.25, 0.3) is 0 Å². The molecule has 1 unspecified atom stereocenters. The number of benzene rings is 1. The quantitative estimate of drug-likeness (QED) is 0.860. The van der Waals surface area contributed by atoms with E-state index < -0.39 is 11.9 Å². The summed E-state index contributed by atoms with van der Waals surface area (Å²) in [5.74, 6) is -0.991. The number of likely N-dealkylation sites (N-methyl/N-ethyl adjacent to an activating group) is 1. The first kappa shape index (κ1) is 13.9. The molecule has 0 spiro atoms. The lowest BCUT2D eigenvalue weighted by Gasteiger charge is -2.24. The SMILES string of the molecule is CC(C(N)=S)N(C)C(=O)c1ccc(Cl)c(F)c1. The van der Waals surface area contributed by atoms with E-state index >= 15 is 0 Å². The van der Waals surface area contributed by atoms with Gasteiger partial charge in [-0.3, -0.25) is 4.79 Å². The number of nitrogens with zero attached hydrogens (tertiary/aromatic N) is 1. The zero-order chi connectivity index (χ0) is 13.2. The van der Waals surface area contributed by atoms with Crippen LogP contribution in [0.3, 0.4) is 0 Å². The summed E-state index contributed by atoms with van der Waals surface area (Å²) < 4.78 is 13.2. The number of carbonyl (C=O) groups excluding carboxylic acids is 1. The van der Waals surface area contributed by atoms with Gasteiger partial charge in [0.25, 0.3) is 5.91 Å². The molecule has 1 rings (SSSR count). The molecule has 92 valence electrons. The Labute approximate surface area is 109 Å². The van der Waals surface area contributed by atoms with E-state index in [1.165, 1.54) is 17.0 Å². The van der Waals surface area contributed by atoms with Crippen LogP contribution in [-0.4, -0.2) is 28.9 Å². The molecule has 0 radical (unpaired) electrons. The minimum absolute atomic E-state index is 0.0217. The fourth-order valence-corrected chi connectivity index (χ4v) is 1.48. The van der Waals surface area contributed by atoms with Crippen molar-refractivity contribution in [3.05, 3.63) is 34.6 Å². The zero-order valence-electron chi connectivity index (χ0n) is 9.41. The van der Waals surface area contributed by atoms with Gasteiger partial charge >= 0.3 is 0 Å². The summed E-state index contributed by atoms with van der Waals surface area (Å²) in [5.41, 5.74) is 5.66. The Balaban J connectivity index is 2.96. The highest BCUT2D eigenvalue weighted by Gasteiger charge is 2.19. The highest BCUT2D eigenvalue weighted by molar-refractivity contribution is 7.80. The van der Waals surface area contributed by atoms with Crippen LogP contribution in [0.1, 0.15) is 17.3 Å². The molecule has 0 bridgehead atoms. The number of rotatable bonds is 3. The minimum Gasteiger partial charge on any atom is -0.392 e. The average Bonchev–Trinajstić information content (AvgIpc) is 2.29. The summed E-state index contributed by atoms with van der Waals surface area (Å²) in [6.45, 7) is 1.70. The van der Waals surface area contributed by atoms with Crippen LogP contribution in [0.15, 0.2) is 18.2 Å². The molecular formula is C11H12ClFN2OS. The molecule has 6 heteroatoms. The standard InChI is InChI=1S/C11H12ClFN2OS/c1-6(10(14)17)15(2)11(16)7-3-4-8(12)9(13)5-7/h3-6H,1-2H3,(H2,14,17). The van der Waals surface area contributed by atoms with Crippen LogP contribution in [0, 0.1) is 5.82 Å². The average molecular weight is 275 g/mol. The summed E-state index contributed by atoms with van der Waals surface area (Å²) in [5, 5.41) is -0.0217. The van der Waals surface area contributed by atoms with E-state index in [-0.39, 0.29) is 21.5 Å². The Hall–Kier alpha value is -1.20. The van der Waals surface area contributed by atoms with Crippen molar-refractivity contribution in [3.63, 3.8) is 0 Å². The molecule has 0 aromatic heterocycles. The number of halogens is 2. The normalized spacial score (nSPS) is 12.0. The molecule has 3 nitrogen and oxygen atoms in total. The summed E-state index contributed by atoms with van der Waals surface area (Å²) in [7, 11) is 1.55. The second-order valence-electron chi connectivity index (χ2n) is 3.62. The van der Waals surface area contributed by atoms with Crippen LogP contribution in [-0.2, 0) is 0 Å². The number of amides is 1. The van der Waals surface area contributed by atoms with E-state index in [1.807, 2.05) is 0 Å². The maximum absolute atomic E-state index is 13.2. The Bertz CT molecular complexity index is 467. The topological polar surface area (TPSA) is 46.3 Å². The number of thiocarbonyl (C=S) groups is 1. The van der Waals surface area contributed by atoms with Crippen LogP contribution in [0.4, 0.5) is 4.39 Å². The van der Waals surface area contributed by atoms with Gasteiger partial charge in [-0.05, 0) is 25.1 Å². The van der Waals surface area contributed by atoms with Gasteiger partial charge in [0.2, 0.25) is 0 Å². The predicted molar refractivity (Wildman–Crippen MR) is 69.8 cm³/mol. The van der Waals surface area contributed by atoms with E-state index in [1.54, 1.807) is 14.0 Å². The summed E-state index contributed by atoms with van der Waals surface area (Å²) in [4.78, 5) is 13.5. The van der Waals surface area contributed by atoms with Crippen LogP contribution < -0.4 is 5.73 Å². The summed E-state index contributed by atoms with van der Waals surface area (Å²) in [6.07, 6.45) is 0. The first-order valence-corrected chi connectivity index (χ1v) is 5.64. The molecular weight excluding hydrogens is 263 g/mol. The Kier molecular flexibility index (Phi) is 4.42. The lowest BCUT2D eigenvalue weighted by Crippen LogP contribution is -2.42. The Morgan fingerprint density at radius 3 is 2.65 bits per heavy atom. The Morgan fingerprint density at radius 1 is 1.59 bits per heavy atom. The zero-order valence-corrected chi connectivity index (χ0v) is 11.0. The second kappa shape index (κ2) is 5.42. The molecule has 1 aromatic carbocycles. The molecule has 0 fully saturated rings. The first-order chi connectivity index (χ1) is 7.84. The maximum atomic E-state index is 13.2. The predicted octanol–water partition coefficient (Wildman–Crippen LogP) is 2.23. The fourth-order valence-electron chi connectivity index (χ4n) is 1.20. The number of nitrogens with two attached hydrogens (primary N) is 1. The molecule has 0 saturated heterocycles. The number of carbonyl (C=O) groups is 1. The molecule has 0 aliphatic carbocycles. The maximum Gasteiger partial charge on any atom is 0.254 e. The van der Waals surface area contributed by atoms with Gasteiger partial charge in [0.1, 0.15) is 5.82 Å². The van der Waals surface area contributed by atoms with Crippen LogP contribution in [0.2, 0.25) is 5.02 Å². The molecule has 0 heterocycles. The molecule has 0 aliphatic heterocycles. The highest BCUT2D eigenvalue weighted by Crippen LogP contribution is 2.17. The fraction of sp³-hybridized carbons (Fsp3) is 0.273. The monoisotopic (exact) mass is 274 g/mol. The van der Waals surface area contributed by atoms with E-state index in [0.717, 1.165) is 6.07 Å². The van der Waals surface area contributed by atoms with Gasteiger partial charge in [0.05, 0.1) is 16.1 Å². The second-order valence-corrected chi connectivity index (χ2v) is 4.50. The third-order valence-electron chi connectivity index (χ3n) is 2.48. The van der Waals surface area contributed by atoms with Gasteiger partial charge in [-0.25, -0.2) is 4.39 Å². The molecule has 0 saturated carbocycles. The number of hydrogen-bond acceptors (Lipinski definition) is 2. The van der Waals surface area contributed by atoms with Gasteiger partial charge < -0.3 is 10.6 Å². The van der Waals surface area contributed by atoms with Gasteiger partial charge in [-0.15, -0.1) is 0 Å². The first-order valence-electron chi connectivity index (χ1n) is 4.86. The van der Waals surface area contributed by atoms with Crippen molar-refractivity contribution in [2.24, 2.45) is 5.73 Å². The van der Waals surface area contributed by atoms with Crippen molar-refractivity contribution in [2.45, 2.75) is 13.0 Å². The lowest BCUT2D eigenvalue weighted by atomic mass is 10.1. The van der Waals surface area contributed by atoms with Gasteiger partial charge in [-0.2, -0.15) is 0 Å². The summed E-state index contributed by atoms with van der Waals surface area (Å²) >= 11 is 10.3. The molecule has 2 N–H and O–H groups in total. The van der Waals surface area contributed by atoms with Crippen molar-refractivity contribution >= 4 is 34.7 Å². The molecule has 1 aromatic rings. The van der Waals surface area contributed by atoms with Gasteiger partial charge in [0, 0.05) is 12.6 Å².